The Labute approximate surface area is 140 Å². The summed E-state index contributed by atoms with van der Waals surface area (Å²) in [7, 11) is 0. The summed E-state index contributed by atoms with van der Waals surface area (Å²) in [5.41, 5.74) is 2.01. The summed E-state index contributed by atoms with van der Waals surface area (Å²) in [5, 5.41) is 2.92. The first-order valence-electron chi connectivity index (χ1n) is 8.90. The molecule has 4 nitrogen and oxygen atoms in total. The third-order valence-electron chi connectivity index (χ3n) is 4.74. The molecule has 0 heterocycles. The van der Waals surface area contributed by atoms with Gasteiger partial charge in [0.1, 0.15) is 6.61 Å². The number of hydrogen-bond acceptors (Lipinski definition) is 3. The second kappa shape index (κ2) is 8.92. The molecular formula is C19H30N2O2. The van der Waals surface area contributed by atoms with E-state index >= 15 is 0 Å². The zero-order valence-corrected chi connectivity index (χ0v) is 14.7. The number of benzene rings is 1. The standard InChI is InChI=1S/C19H30N2O2/c1-4-21(5-2)17-12-10-16(11-13-17)20-19(22)14-23-18-9-7-6-8-15(18)3/h10-13,15,18H,4-9,14H2,1-3H3,(H,20,22). The SMILES string of the molecule is CCN(CC)c1ccc(NC(=O)COC2CCCCC2C)cc1. The Morgan fingerprint density at radius 3 is 2.43 bits per heavy atom. The minimum atomic E-state index is -0.0710. The molecule has 1 aliphatic rings. The Balaban J connectivity index is 1.80. The number of ether oxygens (including phenoxy) is 1. The summed E-state index contributed by atoms with van der Waals surface area (Å²) in [5.74, 6) is 0.489. The number of nitrogens with zero attached hydrogens (tertiary/aromatic N) is 1. The van der Waals surface area contributed by atoms with E-state index in [9.17, 15) is 4.79 Å². The first kappa shape index (κ1) is 17.8. The maximum atomic E-state index is 12.0. The summed E-state index contributed by atoms with van der Waals surface area (Å²) in [6, 6.07) is 8.00. The molecule has 0 aliphatic heterocycles. The van der Waals surface area contributed by atoms with Gasteiger partial charge in [-0.25, -0.2) is 0 Å². The second-order valence-electron chi connectivity index (χ2n) is 6.38. The van der Waals surface area contributed by atoms with Gasteiger partial charge in [0.15, 0.2) is 0 Å². The van der Waals surface area contributed by atoms with Crippen molar-refractivity contribution in [1.82, 2.24) is 0 Å². The van der Waals surface area contributed by atoms with Crippen molar-refractivity contribution in [2.75, 3.05) is 29.9 Å². The van der Waals surface area contributed by atoms with Gasteiger partial charge in [0, 0.05) is 24.5 Å². The van der Waals surface area contributed by atoms with Crippen molar-refractivity contribution in [1.29, 1.82) is 0 Å². The molecule has 2 atom stereocenters. The molecule has 1 saturated carbocycles. The van der Waals surface area contributed by atoms with E-state index in [-0.39, 0.29) is 18.6 Å². The van der Waals surface area contributed by atoms with Crippen LogP contribution in [0.25, 0.3) is 0 Å². The first-order valence-corrected chi connectivity index (χ1v) is 8.90. The minimum Gasteiger partial charge on any atom is -0.372 e. The van der Waals surface area contributed by atoms with Gasteiger partial charge in [-0.2, -0.15) is 0 Å². The van der Waals surface area contributed by atoms with Gasteiger partial charge in [-0.05, 0) is 56.9 Å². The molecule has 2 rings (SSSR count). The fourth-order valence-electron chi connectivity index (χ4n) is 3.25. The zero-order chi connectivity index (χ0) is 16.7. The van der Waals surface area contributed by atoms with Crippen LogP contribution in [0.15, 0.2) is 24.3 Å². The number of nitrogens with one attached hydrogen (secondary N) is 1. The average Bonchev–Trinajstić information content (AvgIpc) is 2.57. The topological polar surface area (TPSA) is 41.6 Å². The number of carbonyl (C=O) groups excluding carboxylic acids is 1. The van der Waals surface area contributed by atoms with Gasteiger partial charge >= 0.3 is 0 Å². The Morgan fingerprint density at radius 1 is 1.17 bits per heavy atom. The molecule has 0 spiro atoms. The molecule has 1 amide bonds. The van der Waals surface area contributed by atoms with Crippen LogP contribution in [0.3, 0.4) is 0 Å². The third-order valence-corrected chi connectivity index (χ3v) is 4.74. The maximum Gasteiger partial charge on any atom is 0.250 e. The van der Waals surface area contributed by atoms with Crippen molar-refractivity contribution in [2.24, 2.45) is 5.92 Å². The highest BCUT2D eigenvalue weighted by Crippen LogP contribution is 2.26. The van der Waals surface area contributed by atoms with E-state index in [1.807, 2.05) is 24.3 Å². The highest BCUT2D eigenvalue weighted by atomic mass is 16.5. The van der Waals surface area contributed by atoms with Gasteiger partial charge in [0.05, 0.1) is 6.10 Å². The van der Waals surface area contributed by atoms with Gasteiger partial charge in [-0.15, -0.1) is 0 Å². The van der Waals surface area contributed by atoms with E-state index < -0.39 is 0 Å². The third kappa shape index (κ3) is 5.24. The van der Waals surface area contributed by atoms with Crippen LogP contribution >= 0.6 is 0 Å². The molecule has 1 aromatic rings. The zero-order valence-electron chi connectivity index (χ0n) is 14.7. The summed E-state index contributed by atoms with van der Waals surface area (Å²) in [4.78, 5) is 14.3. The van der Waals surface area contributed by atoms with Gasteiger partial charge < -0.3 is 15.0 Å². The first-order chi connectivity index (χ1) is 11.1. The van der Waals surface area contributed by atoms with Crippen LogP contribution in [-0.4, -0.2) is 31.7 Å². The Kier molecular flexibility index (Phi) is 6.90. The lowest BCUT2D eigenvalue weighted by molar-refractivity contribution is -0.124. The number of amides is 1. The summed E-state index contributed by atoms with van der Waals surface area (Å²) < 4.78 is 5.81. The molecule has 4 heteroatoms. The van der Waals surface area contributed by atoms with E-state index in [1.165, 1.54) is 24.9 Å². The van der Waals surface area contributed by atoms with Crippen LogP contribution in [0, 0.1) is 5.92 Å². The van der Waals surface area contributed by atoms with Crippen molar-refractivity contribution < 1.29 is 9.53 Å². The molecule has 0 aromatic heterocycles. The Morgan fingerprint density at radius 2 is 1.83 bits per heavy atom. The second-order valence-corrected chi connectivity index (χ2v) is 6.38. The Bertz CT molecular complexity index is 483. The number of carbonyl (C=O) groups is 1. The van der Waals surface area contributed by atoms with Gasteiger partial charge in [-0.1, -0.05) is 19.8 Å². The molecular weight excluding hydrogens is 288 g/mol. The van der Waals surface area contributed by atoms with E-state index in [1.54, 1.807) is 0 Å². The smallest absolute Gasteiger partial charge is 0.250 e. The molecule has 1 fully saturated rings. The van der Waals surface area contributed by atoms with E-state index in [0.29, 0.717) is 5.92 Å². The molecule has 2 unspecified atom stereocenters. The molecule has 23 heavy (non-hydrogen) atoms. The van der Waals surface area contributed by atoms with Crippen LogP contribution in [0.5, 0.6) is 0 Å². The average molecular weight is 318 g/mol. The maximum absolute atomic E-state index is 12.0. The highest BCUT2D eigenvalue weighted by Gasteiger charge is 2.22. The van der Waals surface area contributed by atoms with Crippen molar-refractivity contribution in [2.45, 2.75) is 52.6 Å². The van der Waals surface area contributed by atoms with Crippen LogP contribution in [0.1, 0.15) is 46.5 Å². The summed E-state index contributed by atoms with van der Waals surface area (Å²) >= 11 is 0. The monoisotopic (exact) mass is 318 g/mol. The number of hydrogen-bond donors (Lipinski definition) is 1. The van der Waals surface area contributed by atoms with Crippen LogP contribution in [0.2, 0.25) is 0 Å². The predicted molar refractivity (Wildman–Crippen MR) is 96.0 cm³/mol. The minimum absolute atomic E-state index is 0.0710. The summed E-state index contributed by atoms with van der Waals surface area (Å²) in [6.45, 7) is 8.61. The molecule has 0 radical (unpaired) electrons. The van der Waals surface area contributed by atoms with Crippen molar-refractivity contribution >= 4 is 17.3 Å². The highest BCUT2D eigenvalue weighted by molar-refractivity contribution is 5.91. The largest absolute Gasteiger partial charge is 0.372 e. The molecule has 1 aromatic carbocycles. The van der Waals surface area contributed by atoms with Crippen LogP contribution < -0.4 is 10.2 Å². The summed E-state index contributed by atoms with van der Waals surface area (Å²) in [6.07, 6.45) is 5.02. The van der Waals surface area contributed by atoms with Crippen molar-refractivity contribution in [3.05, 3.63) is 24.3 Å². The molecule has 0 saturated heterocycles. The lowest BCUT2D eigenvalue weighted by Gasteiger charge is -2.28. The van der Waals surface area contributed by atoms with Crippen molar-refractivity contribution in [3.8, 4) is 0 Å². The van der Waals surface area contributed by atoms with E-state index in [4.69, 9.17) is 4.74 Å². The van der Waals surface area contributed by atoms with Crippen molar-refractivity contribution in [3.63, 3.8) is 0 Å². The molecule has 128 valence electrons. The molecule has 1 aliphatic carbocycles. The Hall–Kier alpha value is -1.55. The van der Waals surface area contributed by atoms with Crippen LogP contribution in [0.4, 0.5) is 11.4 Å². The fourth-order valence-corrected chi connectivity index (χ4v) is 3.25. The van der Waals surface area contributed by atoms with Crippen LogP contribution in [-0.2, 0) is 9.53 Å². The van der Waals surface area contributed by atoms with Gasteiger partial charge in [0.25, 0.3) is 0 Å². The predicted octanol–water partition coefficient (Wildman–Crippen LogP) is 4.07. The fraction of sp³-hybridized carbons (Fsp3) is 0.632. The van der Waals surface area contributed by atoms with Gasteiger partial charge in [-0.3, -0.25) is 4.79 Å². The number of anilines is 2. The normalized spacial score (nSPS) is 21.0. The molecule has 1 N–H and O–H groups in total. The van der Waals surface area contributed by atoms with E-state index in [2.05, 4.69) is 31.0 Å². The lowest BCUT2D eigenvalue weighted by Crippen LogP contribution is -2.29. The molecule has 0 bridgehead atoms. The van der Waals surface area contributed by atoms with E-state index in [0.717, 1.165) is 25.2 Å². The quantitative estimate of drug-likeness (QED) is 0.824. The lowest BCUT2D eigenvalue weighted by atomic mass is 9.88. The number of rotatable bonds is 7. The van der Waals surface area contributed by atoms with Gasteiger partial charge in [0.2, 0.25) is 5.91 Å².